The minimum Gasteiger partial charge on any atom is -0.372 e. The van der Waals surface area contributed by atoms with Gasteiger partial charge in [-0.25, -0.2) is 0 Å². The van der Waals surface area contributed by atoms with Crippen LogP contribution >= 0.6 is 0 Å². The van der Waals surface area contributed by atoms with E-state index in [-0.39, 0.29) is 12.5 Å². The van der Waals surface area contributed by atoms with Gasteiger partial charge in [0, 0.05) is 25.7 Å². The number of rotatable bonds is 7. The second-order valence-corrected chi connectivity index (χ2v) is 4.35. The van der Waals surface area contributed by atoms with Crippen LogP contribution in [0.5, 0.6) is 0 Å². The zero-order valence-electron chi connectivity index (χ0n) is 10.5. The summed E-state index contributed by atoms with van der Waals surface area (Å²) in [4.78, 5) is 13.8. The first kappa shape index (κ1) is 13.5. The fraction of sp³-hybridized carbons (Fsp3) is 0.917. The fourth-order valence-electron chi connectivity index (χ4n) is 2.10. The highest BCUT2D eigenvalue weighted by Crippen LogP contribution is 2.16. The van der Waals surface area contributed by atoms with E-state index >= 15 is 0 Å². The van der Waals surface area contributed by atoms with E-state index in [0.29, 0.717) is 12.6 Å². The minimum absolute atomic E-state index is 0.147. The molecule has 0 bridgehead atoms. The first-order valence-corrected chi connectivity index (χ1v) is 6.31. The van der Waals surface area contributed by atoms with Crippen LogP contribution in [0, 0.1) is 0 Å². The second-order valence-electron chi connectivity index (χ2n) is 4.35. The van der Waals surface area contributed by atoms with Crippen molar-refractivity contribution in [2.45, 2.75) is 38.6 Å². The van der Waals surface area contributed by atoms with E-state index in [1.165, 1.54) is 0 Å². The lowest BCUT2D eigenvalue weighted by atomic mass is 10.2. The topological polar surface area (TPSA) is 41.6 Å². The molecule has 1 unspecified atom stereocenters. The fourth-order valence-corrected chi connectivity index (χ4v) is 2.10. The number of hydrogen-bond donors (Lipinski definition) is 1. The molecule has 4 heteroatoms. The SMILES string of the molecule is CCCCOCC(=O)N1CCCC1CNC. The molecule has 1 N–H and O–H groups in total. The average molecular weight is 228 g/mol. The van der Waals surface area contributed by atoms with Gasteiger partial charge in [0.2, 0.25) is 5.91 Å². The van der Waals surface area contributed by atoms with Gasteiger partial charge in [0.25, 0.3) is 0 Å². The quantitative estimate of drug-likeness (QED) is 0.661. The lowest BCUT2D eigenvalue weighted by Gasteiger charge is -2.24. The van der Waals surface area contributed by atoms with Gasteiger partial charge in [0.15, 0.2) is 0 Å². The molecule has 0 radical (unpaired) electrons. The summed E-state index contributed by atoms with van der Waals surface area (Å²) in [6, 6.07) is 0.368. The second kappa shape index (κ2) is 7.63. The van der Waals surface area contributed by atoms with Crippen molar-refractivity contribution in [3.05, 3.63) is 0 Å². The van der Waals surface area contributed by atoms with Gasteiger partial charge < -0.3 is 15.0 Å². The van der Waals surface area contributed by atoms with Gasteiger partial charge in [0.05, 0.1) is 0 Å². The van der Waals surface area contributed by atoms with Crippen molar-refractivity contribution in [1.82, 2.24) is 10.2 Å². The Hall–Kier alpha value is -0.610. The first-order valence-electron chi connectivity index (χ1n) is 6.31. The highest BCUT2D eigenvalue weighted by atomic mass is 16.5. The molecular weight excluding hydrogens is 204 g/mol. The summed E-state index contributed by atoms with van der Waals surface area (Å²) >= 11 is 0. The predicted molar refractivity (Wildman–Crippen MR) is 64.4 cm³/mol. The molecule has 1 amide bonds. The van der Waals surface area contributed by atoms with Crippen LogP contribution in [0.2, 0.25) is 0 Å². The summed E-state index contributed by atoms with van der Waals surface area (Å²) in [6.45, 7) is 4.85. The van der Waals surface area contributed by atoms with Crippen LogP contribution in [0.25, 0.3) is 0 Å². The number of likely N-dealkylation sites (tertiary alicyclic amines) is 1. The van der Waals surface area contributed by atoms with Crippen molar-refractivity contribution in [1.29, 1.82) is 0 Å². The third-order valence-corrected chi connectivity index (χ3v) is 3.00. The monoisotopic (exact) mass is 228 g/mol. The van der Waals surface area contributed by atoms with Crippen molar-refractivity contribution in [3.8, 4) is 0 Å². The summed E-state index contributed by atoms with van der Waals surface area (Å²) in [6.07, 6.45) is 4.38. The molecule has 1 aliphatic rings. The normalized spacial score (nSPS) is 20.4. The Bertz CT molecular complexity index is 209. The first-order chi connectivity index (χ1) is 7.79. The number of carbonyl (C=O) groups is 1. The van der Waals surface area contributed by atoms with Crippen LogP contribution in [0.15, 0.2) is 0 Å². The summed E-state index contributed by atoms with van der Waals surface area (Å²) in [5.41, 5.74) is 0. The lowest BCUT2D eigenvalue weighted by molar-refractivity contribution is -0.136. The van der Waals surface area contributed by atoms with E-state index in [0.717, 1.165) is 38.8 Å². The van der Waals surface area contributed by atoms with Gasteiger partial charge in [-0.15, -0.1) is 0 Å². The number of amides is 1. The summed E-state index contributed by atoms with van der Waals surface area (Å²) < 4.78 is 5.36. The number of nitrogens with one attached hydrogen (secondary N) is 1. The smallest absolute Gasteiger partial charge is 0.248 e. The third-order valence-electron chi connectivity index (χ3n) is 3.00. The van der Waals surface area contributed by atoms with Gasteiger partial charge in [-0.3, -0.25) is 4.79 Å². The number of carbonyl (C=O) groups excluding carboxylic acids is 1. The van der Waals surface area contributed by atoms with Crippen molar-refractivity contribution in [2.24, 2.45) is 0 Å². The largest absolute Gasteiger partial charge is 0.372 e. The lowest BCUT2D eigenvalue weighted by Crippen LogP contribution is -2.42. The van der Waals surface area contributed by atoms with Crippen molar-refractivity contribution >= 4 is 5.91 Å². The Morgan fingerprint density at radius 1 is 1.56 bits per heavy atom. The number of likely N-dealkylation sites (N-methyl/N-ethyl adjacent to an activating group) is 1. The van der Waals surface area contributed by atoms with Crippen LogP contribution in [-0.4, -0.2) is 50.2 Å². The highest BCUT2D eigenvalue weighted by Gasteiger charge is 2.27. The molecule has 1 saturated heterocycles. The Balaban J connectivity index is 2.23. The molecule has 94 valence electrons. The van der Waals surface area contributed by atoms with E-state index in [2.05, 4.69) is 12.2 Å². The molecule has 0 aromatic rings. The van der Waals surface area contributed by atoms with Crippen LogP contribution in [-0.2, 0) is 9.53 Å². The average Bonchev–Trinajstić information content (AvgIpc) is 2.73. The summed E-state index contributed by atoms with van der Waals surface area (Å²) in [7, 11) is 1.93. The van der Waals surface area contributed by atoms with Gasteiger partial charge in [-0.2, -0.15) is 0 Å². The molecule has 0 aromatic heterocycles. The van der Waals surface area contributed by atoms with Gasteiger partial charge in [0.1, 0.15) is 6.61 Å². The third kappa shape index (κ3) is 4.10. The summed E-state index contributed by atoms with van der Waals surface area (Å²) in [5.74, 6) is 0.147. The van der Waals surface area contributed by atoms with Crippen molar-refractivity contribution in [3.63, 3.8) is 0 Å². The predicted octanol–water partition coefficient (Wildman–Crippen LogP) is 1.01. The number of ether oxygens (including phenoxy) is 1. The molecular formula is C12H24N2O2. The van der Waals surface area contributed by atoms with Gasteiger partial charge in [-0.1, -0.05) is 13.3 Å². The van der Waals surface area contributed by atoms with Crippen LogP contribution in [0.1, 0.15) is 32.6 Å². The zero-order chi connectivity index (χ0) is 11.8. The molecule has 1 fully saturated rings. The number of unbranched alkanes of at least 4 members (excludes halogenated alkanes) is 1. The highest BCUT2D eigenvalue weighted by molar-refractivity contribution is 5.78. The Morgan fingerprint density at radius 3 is 3.06 bits per heavy atom. The molecule has 1 atom stereocenters. The molecule has 1 rings (SSSR count). The Morgan fingerprint density at radius 2 is 2.38 bits per heavy atom. The molecule has 4 nitrogen and oxygen atoms in total. The van der Waals surface area contributed by atoms with Crippen LogP contribution in [0.3, 0.4) is 0 Å². The molecule has 0 aromatic carbocycles. The molecule has 0 spiro atoms. The number of nitrogens with zero attached hydrogens (tertiary/aromatic N) is 1. The maximum Gasteiger partial charge on any atom is 0.248 e. The number of hydrogen-bond acceptors (Lipinski definition) is 3. The maximum atomic E-state index is 11.9. The van der Waals surface area contributed by atoms with Gasteiger partial charge in [-0.05, 0) is 26.3 Å². The summed E-state index contributed by atoms with van der Waals surface area (Å²) in [5, 5.41) is 3.14. The van der Waals surface area contributed by atoms with Gasteiger partial charge >= 0.3 is 0 Å². The van der Waals surface area contributed by atoms with E-state index < -0.39 is 0 Å². The van der Waals surface area contributed by atoms with Crippen molar-refractivity contribution in [2.75, 3.05) is 33.4 Å². The molecule has 0 aliphatic carbocycles. The maximum absolute atomic E-state index is 11.9. The molecule has 0 saturated carbocycles. The molecule has 1 heterocycles. The van der Waals surface area contributed by atoms with E-state index in [4.69, 9.17) is 4.74 Å². The standard InChI is InChI=1S/C12H24N2O2/c1-3-4-8-16-10-12(15)14-7-5-6-11(14)9-13-2/h11,13H,3-10H2,1-2H3. The van der Waals surface area contributed by atoms with Crippen molar-refractivity contribution < 1.29 is 9.53 Å². The minimum atomic E-state index is 0.147. The van der Waals surface area contributed by atoms with E-state index in [1.54, 1.807) is 0 Å². The van der Waals surface area contributed by atoms with E-state index in [1.807, 2.05) is 11.9 Å². The van der Waals surface area contributed by atoms with E-state index in [9.17, 15) is 4.79 Å². The zero-order valence-corrected chi connectivity index (χ0v) is 10.5. The molecule has 1 aliphatic heterocycles. The van der Waals surface area contributed by atoms with Crippen LogP contribution in [0.4, 0.5) is 0 Å². The Labute approximate surface area is 98.3 Å². The molecule has 16 heavy (non-hydrogen) atoms. The Kier molecular flexibility index (Phi) is 6.42. The van der Waals surface area contributed by atoms with Crippen LogP contribution < -0.4 is 5.32 Å².